The molecule has 0 atom stereocenters. The Morgan fingerprint density at radius 1 is 1.16 bits per heavy atom. The van der Waals surface area contributed by atoms with E-state index in [4.69, 9.17) is 11.0 Å². The van der Waals surface area contributed by atoms with Crippen LogP contribution in [0.4, 0.5) is 0 Å². The molecule has 1 aromatic heterocycles. The Bertz CT molecular complexity index is 636. The van der Waals surface area contributed by atoms with Crippen molar-refractivity contribution in [3.8, 4) is 6.07 Å². The minimum absolute atomic E-state index is 0.326. The Labute approximate surface area is 110 Å². The second-order valence-corrected chi connectivity index (χ2v) is 3.70. The highest BCUT2D eigenvalue weighted by Gasteiger charge is 1.95. The summed E-state index contributed by atoms with van der Waals surface area (Å²) in [5.41, 5.74) is 8.00. The molecule has 0 amide bonds. The van der Waals surface area contributed by atoms with Crippen LogP contribution in [0.3, 0.4) is 0 Å². The van der Waals surface area contributed by atoms with E-state index in [0.29, 0.717) is 11.4 Å². The summed E-state index contributed by atoms with van der Waals surface area (Å²) in [6, 6.07) is 12.6. The van der Waals surface area contributed by atoms with Crippen molar-refractivity contribution in [3.05, 3.63) is 65.5 Å². The van der Waals surface area contributed by atoms with Crippen molar-refractivity contribution in [3.63, 3.8) is 0 Å². The van der Waals surface area contributed by atoms with Crippen LogP contribution in [0, 0.1) is 11.3 Å². The molecule has 1 aromatic carbocycles. The summed E-state index contributed by atoms with van der Waals surface area (Å²) in [6.07, 6.45) is 4.86. The first-order chi connectivity index (χ1) is 9.29. The van der Waals surface area contributed by atoms with Crippen LogP contribution < -0.4 is 5.73 Å². The van der Waals surface area contributed by atoms with Crippen LogP contribution in [0.1, 0.15) is 16.7 Å². The second-order valence-electron chi connectivity index (χ2n) is 3.70. The summed E-state index contributed by atoms with van der Waals surface area (Å²) in [5.74, 6) is 0.326. The standard InChI is InChI=1S/C14H11N5/c15-9-11-1-3-12(4-2-11)10-18-19-14(16)13-5-7-17-8-6-13/h1-8,10H,(H2,16,19)/b18-10+. The number of pyridine rings is 1. The van der Waals surface area contributed by atoms with Gasteiger partial charge in [-0.3, -0.25) is 4.98 Å². The molecule has 5 heteroatoms. The van der Waals surface area contributed by atoms with Gasteiger partial charge in [0.2, 0.25) is 0 Å². The minimum Gasteiger partial charge on any atom is -0.382 e. The first-order valence-electron chi connectivity index (χ1n) is 5.56. The van der Waals surface area contributed by atoms with Crippen molar-refractivity contribution in [2.45, 2.75) is 0 Å². The topological polar surface area (TPSA) is 87.4 Å². The lowest BCUT2D eigenvalue weighted by Gasteiger charge is -1.96. The third-order valence-corrected chi connectivity index (χ3v) is 2.39. The molecule has 0 fully saturated rings. The number of aromatic nitrogens is 1. The molecule has 0 unspecified atom stereocenters. The van der Waals surface area contributed by atoms with Gasteiger partial charge in [0.05, 0.1) is 17.8 Å². The number of nitriles is 1. The van der Waals surface area contributed by atoms with Crippen LogP contribution in [0.5, 0.6) is 0 Å². The highest BCUT2D eigenvalue weighted by atomic mass is 15.2. The van der Waals surface area contributed by atoms with E-state index in [0.717, 1.165) is 11.1 Å². The number of rotatable bonds is 3. The molecule has 0 aliphatic heterocycles. The molecular weight excluding hydrogens is 238 g/mol. The van der Waals surface area contributed by atoms with E-state index in [1.165, 1.54) is 0 Å². The average Bonchev–Trinajstić information content (AvgIpc) is 2.49. The monoisotopic (exact) mass is 249 g/mol. The maximum atomic E-state index is 8.68. The lowest BCUT2D eigenvalue weighted by Crippen LogP contribution is -2.12. The summed E-state index contributed by atoms with van der Waals surface area (Å²) >= 11 is 0. The molecule has 1 heterocycles. The number of hydrogen-bond donors (Lipinski definition) is 1. The molecule has 19 heavy (non-hydrogen) atoms. The van der Waals surface area contributed by atoms with Gasteiger partial charge in [0.1, 0.15) is 0 Å². The van der Waals surface area contributed by atoms with Crippen molar-refractivity contribution < 1.29 is 0 Å². The van der Waals surface area contributed by atoms with Crippen LogP contribution >= 0.6 is 0 Å². The van der Waals surface area contributed by atoms with Crippen LogP contribution in [-0.2, 0) is 0 Å². The first-order valence-corrected chi connectivity index (χ1v) is 5.56. The van der Waals surface area contributed by atoms with Gasteiger partial charge in [0, 0.05) is 18.0 Å². The van der Waals surface area contributed by atoms with Gasteiger partial charge in [-0.1, -0.05) is 12.1 Å². The molecule has 2 rings (SSSR count). The van der Waals surface area contributed by atoms with E-state index in [1.54, 1.807) is 55.0 Å². The van der Waals surface area contributed by atoms with Crippen LogP contribution in [-0.4, -0.2) is 17.0 Å². The van der Waals surface area contributed by atoms with Crippen LogP contribution in [0.25, 0.3) is 0 Å². The Morgan fingerprint density at radius 2 is 1.84 bits per heavy atom. The molecule has 0 saturated heterocycles. The molecule has 2 N–H and O–H groups in total. The zero-order valence-corrected chi connectivity index (χ0v) is 10.1. The van der Waals surface area contributed by atoms with Crippen LogP contribution in [0.15, 0.2) is 59.0 Å². The Kier molecular flexibility index (Phi) is 3.98. The molecule has 0 bridgehead atoms. The molecule has 92 valence electrons. The molecular formula is C14H11N5. The maximum Gasteiger partial charge on any atom is 0.153 e. The van der Waals surface area contributed by atoms with Gasteiger partial charge < -0.3 is 5.73 Å². The molecule has 2 aromatic rings. The number of benzene rings is 1. The highest BCUT2D eigenvalue weighted by molar-refractivity contribution is 5.97. The van der Waals surface area contributed by atoms with E-state index in [2.05, 4.69) is 21.3 Å². The summed E-state index contributed by atoms with van der Waals surface area (Å²) in [7, 11) is 0. The Hall–Kier alpha value is -3.00. The number of amidine groups is 1. The quantitative estimate of drug-likeness (QED) is 0.510. The zero-order valence-electron chi connectivity index (χ0n) is 10.1. The number of hydrogen-bond acceptors (Lipinski definition) is 4. The highest BCUT2D eigenvalue weighted by Crippen LogP contribution is 2.01. The lowest BCUT2D eigenvalue weighted by atomic mass is 10.2. The second kappa shape index (κ2) is 6.07. The van der Waals surface area contributed by atoms with Gasteiger partial charge in [0.15, 0.2) is 5.84 Å². The van der Waals surface area contributed by atoms with E-state index in [-0.39, 0.29) is 0 Å². The van der Waals surface area contributed by atoms with E-state index in [9.17, 15) is 0 Å². The molecule has 0 aliphatic rings. The molecule has 5 nitrogen and oxygen atoms in total. The molecule has 0 saturated carbocycles. The van der Waals surface area contributed by atoms with Crippen LogP contribution in [0.2, 0.25) is 0 Å². The normalized spacial score (nSPS) is 11.4. The predicted octanol–water partition coefficient (Wildman–Crippen LogP) is 1.69. The predicted molar refractivity (Wildman–Crippen MR) is 73.7 cm³/mol. The number of nitrogens with zero attached hydrogens (tertiary/aromatic N) is 4. The van der Waals surface area contributed by atoms with E-state index in [1.807, 2.05) is 0 Å². The minimum atomic E-state index is 0.326. The van der Waals surface area contributed by atoms with Gasteiger partial charge in [-0.25, -0.2) is 0 Å². The van der Waals surface area contributed by atoms with E-state index >= 15 is 0 Å². The fourth-order valence-corrected chi connectivity index (χ4v) is 1.38. The average molecular weight is 249 g/mol. The third kappa shape index (κ3) is 3.48. The van der Waals surface area contributed by atoms with Gasteiger partial charge in [-0.2, -0.15) is 10.4 Å². The van der Waals surface area contributed by atoms with Crippen molar-refractivity contribution in [2.75, 3.05) is 0 Å². The van der Waals surface area contributed by atoms with Gasteiger partial charge >= 0.3 is 0 Å². The van der Waals surface area contributed by atoms with Crippen molar-refractivity contribution >= 4 is 12.1 Å². The van der Waals surface area contributed by atoms with Crippen molar-refractivity contribution in [1.29, 1.82) is 5.26 Å². The Balaban J connectivity index is 2.09. The maximum absolute atomic E-state index is 8.68. The molecule has 0 radical (unpaired) electrons. The summed E-state index contributed by atoms with van der Waals surface area (Å²) < 4.78 is 0. The smallest absolute Gasteiger partial charge is 0.153 e. The fourth-order valence-electron chi connectivity index (χ4n) is 1.38. The van der Waals surface area contributed by atoms with E-state index < -0.39 is 0 Å². The fraction of sp³-hybridized carbons (Fsp3) is 0. The lowest BCUT2D eigenvalue weighted by molar-refractivity contribution is 1.22. The van der Waals surface area contributed by atoms with Gasteiger partial charge in [-0.05, 0) is 29.8 Å². The number of nitrogens with two attached hydrogens (primary N) is 1. The largest absolute Gasteiger partial charge is 0.382 e. The summed E-state index contributed by atoms with van der Waals surface area (Å²) in [6.45, 7) is 0. The van der Waals surface area contributed by atoms with Crippen molar-refractivity contribution in [2.24, 2.45) is 15.9 Å². The zero-order chi connectivity index (χ0) is 13.5. The van der Waals surface area contributed by atoms with Crippen molar-refractivity contribution in [1.82, 2.24) is 4.98 Å². The first kappa shape index (κ1) is 12.5. The molecule has 0 aliphatic carbocycles. The molecule has 0 spiro atoms. The summed E-state index contributed by atoms with van der Waals surface area (Å²) in [4.78, 5) is 3.90. The summed E-state index contributed by atoms with van der Waals surface area (Å²) in [5, 5.41) is 16.5. The third-order valence-electron chi connectivity index (χ3n) is 2.39. The SMILES string of the molecule is N#Cc1ccc(/C=N/N=C(\N)c2ccncc2)cc1. The van der Waals surface area contributed by atoms with Gasteiger partial charge in [0.25, 0.3) is 0 Å². The Morgan fingerprint density at radius 3 is 2.47 bits per heavy atom. The van der Waals surface area contributed by atoms with Gasteiger partial charge in [-0.15, -0.1) is 5.10 Å².